The van der Waals surface area contributed by atoms with E-state index in [9.17, 15) is 5.11 Å². The van der Waals surface area contributed by atoms with Crippen LogP contribution in [-0.2, 0) is 12.8 Å². The smallest absolute Gasteiger partial charge is 0.119 e. The molecule has 0 saturated carbocycles. The van der Waals surface area contributed by atoms with Crippen LogP contribution in [0.25, 0.3) is 0 Å². The molecule has 2 atom stereocenters. The van der Waals surface area contributed by atoms with Gasteiger partial charge < -0.3 is 14.7 Å². The number of hydrogen-bond acceptors (Lipinski definition) is 3. The summed E-state index contributed by atoms with van der Waals surface area (Å²) in [5.41, 5.74) is 2.65. The highest BCUT2D eigenvalue weighted by Crippen LogP contribution is 2.23. The zero-order chi connectivity index (χ0) is 18.9. The van der Waals surface area contributed by atoms with Gasteiger partial charge in [0.25, 0.3) is 0 Å². The lowest BCUT2D eigenvalue weighted by atomic mass is 9.88. The minimum absolute atomic E-state index is 0.174. The number of aliphatic hydroxyl groups excluding tert-OH is 1. The molecule has 0 spiro atoms. The van der Waals surface area contributed by atoms with Crippen molar-refractivity contribution in [1.82, 2.24) is 4.90 Å². The lowest BCUT2D eigenvalue weighted by molar-refractivity contribution is 0.0270. The molecular weight excluding hydrogens is 334 g/mol. The Morgan fingerprint density at radius 2 is 1.81 bits per heavy atom. The molecule has 2 aromatic rings. The van der Waals surface area contributed by atoms with Crippen LogP contribution in [0.15, 0.2) is 54.6 Å². The maximum atomic E-state index is 10.4. The van der Waals surface area contributed by atoms with Crippen molar-refractivity contribution in [2.45, 2.75) is 45.1 Å². The first-order valence-electron chi connectivity index (χ1n) is 10.4. The summed E-state index contributed by atoms with van der Waals surface area (Å²) in [6, 6.07) is 19.0. The van der Waals surface area contributed by atoms with Crippen molar-refractivity contribution >= 4 is 0 Å². The van der Waals surface area contributed by atoms with Gasteiger partial charge in [0.2, 0.25) is 0 Å². The zero-order valence-electron chi connectivity index (χ0n) is 16.5. The number of likely N-dealkylation sites (tertiary alicyclic amines) is 1. The largest absolute Gasteiger partial charge is 0.494 e. The summed E-state index contributed by atoms with van der Waals surface area (Å²) < 4.78 is 5.89. The first-order valence-corrected chi connectivity index (χ1v) is 10.4. The molecule has 0 aliphatic carbocycles. The molecule has 0 aromatic heterocycles. The summed E-state index contributed by atoms with van der Waals surface area (Å²) in [6.07, 6.45) is 4.91. The minimum atomic E-state index is -0.174. The molecular formula is C24H33NO2. The number of hydrogen-bond donors (Lipinski definition) is 1. The fourth-order valence-electron chi connectivity index (χ4n) is 3.95. The number of ether oxygens (including phenoxy) is 1. The molecule has 146 valence electrons. The van der Waals surface area contributed by atoms with Crippen molar-refractivity contribution in [3.8, 4) is 5.75 Å². The Balaban J connectivity index is 1.42. The standard InChI is InChI=1S/C24H33NO2/c1-2-15-25-16-14-24(26)22(19-25)18-21-10-12-23(13-11-21)27-17-6-9-20-7-4-3-5-8-20/h3-5,7-8,10-13,22,24,26H,2,6,9,14-19H2,1H3. The summed E-state index contributed by atoms with van der Waals surface area (Å²) in [6.45, 7) is 6.13. The fraction of sp³-hybridized carbons (Fsp3) is 0.500. The SMILES string of the molecule is CCCN1CCC(O)C(Cc2ccc(OCCCc3ccccc3)cc2)C1. The van der Waals surface area contributed by atoms with E-state index in [-0.39, 0.29) is 6.10 Å². The first kappa shape index (κ1) is 19.9. The number of piperidine rings is 1. The van der Waals surface area contributed by atoms with Gasteiger partial charge in [-0.05, 0) is 61.9 Å². The summed E-state index contributed by atoms with van der Waals surface area (Å²) in [7, 11) is 0. The Labute approximate surface area is 164 Å². The van der Waals surface area contributed by atoms with Crippen molar-refractivity contribution in [2.24, 2.45) is 5.92 Å². The van der Waals surface area contributed by atoms with Crippen LogP contribution in [0.2, 0.25) is 0 Å². The van der Waals surface area contributed by atoms with E-state index in [4.69, 9.17) is 4.74 Å². The first-order chi connectivity index (χ1) is 13.2. The molecule has 1 aliphatic heterocycles. The van der Waals surface area contributed by atoms with Gasteiger partial charge in [0.1, 0.15) is 5.75 Å². The van der Waals surface area contributed by atoms with Crippen molar-refractivity contribution < 1.29 is 9.84 Å². The van der Waals surface area contributed by atoms with Crippen LogP contribution in [0.3, 0.4) is 0 Å². The normalized spacial score (nSPS) is 20.5. The molecule has 27 heavy (non-hydrogen) atoms. The van der Waals surface area contributed by atoms with Crippen LogP contribution < -0.4 is 4.74 Å². The van der Waals surface area contributed by atoms with Gasteiger partial charge in [-0.3, -0.25) is 0 Å². The Bertz CT molecular complexity index is 656. The summed E-state index contributed by atoms with van der Waals surface area (Å²) >= 11 is 0. The maximum absolute atomic E-state index is 10.4. The lowest BCUT2D eigenvalue weighted by Gasteiger charge is -2.36. The van der Waals surface area contributed by atoms with Gasteiger partial charge in [-0.25, -0.2) is 0 Å². The fourth-order valence-corrected chi connectivity index (χ4v) is 3.95. The van der Waals surface area contributed by atoms with E-state index in [0.717, 1.165) is 57.7 Å². The molecule has 1 saturated heterocycles. The second-order valence-electron chi connectivity index (χ2n) is 7.70. The van der Waals surface area contributed by atoms with Gasteiger partial charge in [0.15, 0.2) is 0 Å². The number of nitrogens with zero attached hydrogens (tertiary/aromatic N) is 1. The highest BCUT2D eigenvalue weighted by molar-refractivity contribution is 5.27. The van der Waals surface area contributed by atoms with Crippen LogP contribution >= 0.6 is 0 Å². The topological polar surface area (TPSA) is 32.7 Å². The van der Waals surface area contributed by atoms with Gasteiger partial charge in [-0.2, -0.15) is 0 Å². The van der Waals surface area contributed by atoms with Crippen LogP contribution in [-0.4, -0.2) is 42.4 Å². The second-order valence-corrected chi connectivity index (χ2v) is 7.70. The number of aliphatic hydroxyl groups is 1. The Morgan fingerprint density at radius 3 is 2.56 bits per heavy atom. The average molecular weight is 368 g/mol. The molecule has 2 aromatic carbocycles. The lowest BCUT2D eigenvalue weighted by Crippen LogP contribution is -2.44. The predicted octanol–water partition coefficient (Wildman–Crippen LogP) is 4.33. The monoisotopic (exact) mass is 367 g/mol. The molecule has 1 heterocycles. The van der Waals surface area contributed by atoms with Gasteiger partial charge in [-0.15, -0.1) is 0 Å². The Hall–Kier alpha value is -1.84. The van der Waals surface area contributed by atoms with Crippen LogP contribution in [0.5, 0.6) is 5.75 Å². The summed E-state index contributed by atoms with van der Waals surface area (Å²) in [4.78, 5) is 2.49. The number of benzene rings is 2. The van der Waals surface area contributed by atoms with E-state index in [1.807, 2.05) is 0 Å². The van der Waals surface area contributed by atoms with Gasteiger partial charge in [0.05, 0.1) is 12.7 Å². The second kappa shape index (κ2) is 10.5. The average Bonchev–Trinajstić information content (AvgIpc) is 2.70. The molecule has 0 radical (unpaired) electrons. The van der Waals surface area contributed by atoms with E-state index in [1.165, 1.54) is 17.5 Å². The zero-order valence-corrected chi connectivity index (χ0v) is 16.5. The maximum Gasteiger partial charge on any atom is 0.119 e. The Kier molecular flexibility index (Phi) is 7.73. The van der Waals surface area contributed by atoms with Crippen molar-refractivity contribution in [3.05, 3.63) is 65.7 Å². The molecule has 3 nitrogen and oxygen atoms in total. The summed E-state index contributed by atoms with van der Waals surface area (Å²) in [5.74, 6) is 1.27. The molecule has 3 heteroatoms. The van der Waals surface area contributed by atoms with Crippen molar-refractivity contribution in [1.29, 1.82) is 0 Å². The van der Waals surface area contributed by atoms with Crippen molar-refractivity contribution in [2.75, 3.05) is 26.2 Å². The predicted molar refractivity (Wildman–Crippen MR) is 111 cm³/mol. The van der Waals surface area contributed by atoms with Crippen LogP contribution in [0.1, 0.15) is 37.3 Å². The number of rotatable bonds is 9. The summed E-state index contributed by atoms with van der Waals surface area (Å²) in [5, 5.41) is 10.4. The van der Waals surface area contributed by atoms with Gasteiger partial charge in [0, 0.05) is 19.0 Å². The highest BCUT2D eigenvalue weighted by Gasteiger charge is 2.27. The third kappa shape index (κ3) is 6.37. The third-order valence-electron chi connectivity index (χ3n) is 5.46. The molecule has 3 rings (SSSR count). The van der Waals surface area contributed by atoms with Crippen LogP contribution in [0, 0.1) is 5.92 Å². The van der Waals surface area contributed by atoms with Crippen molar-refractivity contribution in [3.63, 3.8) is 0 Å². The van der Waals surface area contributed by atoms with Gasteiger partial charge >= 0.3 is 0 Å². The Morgan fingerprint density at radius 1 is 1.04 bits per heavy atom. The molecule has 1 fully saturated rings. The molecule has 1 N–H and O–H groups in total. The molecule has 0 amide bonds. The van der Waals surface area contributed by atoms with E-state index in [2.05, 4.69) is 66.4 Å². The van der Waals surface area contributed by atoms with E-state index < -0.39 is 0 Å². The number of aryl methyl sites for hydroxylation is 1. The quantitative estimate of drug-likeness (QED) is 0.670. The van der Waals surface area contributed by atoms with Gasteiger partial charge in [-0.1, -0.05) is 49.4 Å². The minimum Gasteiger partial charge on any atom is -0.494 e. The van der Waals surface area contributed by atoms with E-state index in [0.29, 0.717) is 5.92 Å². The van der Waals surface area contributed by atoms with Crippen LogP contribution in [0.4, 0.5) is 0 Å². The third-order valence-corrected chi connectivity index (χ3v) is 5.46. The van der Waals surface area contributed by atoms with E-state index in [1.54, 1.807) is 0 Å². The molecule has 0 bridgehead atoms. The highest BCUT2D eigenvalue weighted by atomic mass is 16.5. The molecule has 1 aliphatic rings. The van der Waals surface area contributed by atoms with E-state index >= 15 is 0 Å². The molecule has 2 unspecified atom stereocenters.